The number of aromatic amines is 1. The quantitative estimate of drug-likeness (QED) is 0.464. The van der Waals surface area contributed by atoms with Gasteiger partial charge in [-0.3, -0.25) is 4.79 Å². The topological polar surface area (TPSA) is 80.1 Å². The zero-order valence-electron chi connectivity index (χ0n) is 17.9. The Morgan fingerprint density at radius 2 is 1.80 bits per heavy atom. The number of ether oxygens (including phenoxy) is 1. The van der Waals surface area contributed by atoms with Crippen LogP contribution in [-0.4, -0.2) is 31.1 Å². The first-order chi connectivity index (χ1) is 14.1. The van der Waals surface area contributed by atoms with Gasteiger partial charge in [-0.15, -0.1) is 12.4 Å². The maximum Gasteiger partial charge on any atom is 0.227 e. The van der Waals surface area contributed by atoms with E-state index in [1.807, 2.05) is 44.3 Å². The van der Waals surface area contributed by atoms with Gasteiger partial charge in [-0.05, 0) is 42.2 Å². The second-order valence-corrected chi connectivity index (χ2v) is 7.52. The summed E-state index contributed by atoms with van der Waals surface area (Å²) in [5.74, 6) is 0.864. The lowest BCUT2D eigenvalue weighted by Gasteiger charge is -2.29. The molecule has 0 saturated heterocycles. The van der Waals surface area contributed by atoms with E-state index in [2.05, 4.69) is 34.6 Å². The minimum absolute atomic E-state index is 0. The summed E-state index contributed by atoms with van der Waals surface area (Å²) < 4.78 is 5.31. The van der Waals surface area contributed by atoms with Crippen LogP contribution < -0.4 is 15.8 Å². The number of nitrogens with two attached hydrogens (primary N) is 1. The summed E-state index contributed by atoms with van der Waals surface area (Å²) in [6.07, 6.45) is 3.50. The summed E-state index contributed by atoms with van der Waals surface area (Å²) in [5.41, 5.74) is 8.84. The largest absolute Gasteiger partial charge is 0.497 e. The van der Waals surface area contributed by atoms with Crippen molar-refractivity contribution in [2.75, 3.05) is 20.2 Å². The Morgan fingerprint density at radius 3 is 2.40 bits per heavy atom. The Bertz CT molecular complexity index is 940. The monoisotopic (exact) mass is 429 g/mol. The number of amides is 1. The van der Waals surface area contributed by atoms with Gasteiger partial charge in [0.25, 0.3) is 0 Å². The van der Waals surface area contributed by atoms with Crippen LogP contribution in [0.15, 0.2) is 54.7 Å². The SMILES string of the molecule is CCC(CC)(CN)C(=O)NCC(c1ccc(OC)cc1)c1c[nH]c2ccccc12.Cl. The van der Waals surface area contributed by atoms with Crippen LogP contribution in [0, 0.1) is 5.41 Å². The number of carbonyl (C=O) groups excluding carboxylic acids is 1. The first kappa shape index (κ1) is 23.8. The fraction of sp³-hybridized carbons (Fsp3) is 0.375. The molecule has 30 heavy (non-hydrogen) atoms. The highest BCUT2D eigenvalue weighted by Gasteiger charge is 2.33. The maximum absolute atomic E-state index is 13.0. The molecule has 0 aliphatic rings. The molecule has 0 bridgehead atoms. The molecule has 0 saturated carbocycles. The second kappa shape index (κ2) is 10.5. The van der Waals surface area contributed by atoms with Crippen LogP contribution >= 0.6 is 12.4 Å². The lowest BCUT2D eigenvalue weighted by Crippen LogP contribution is -2.46. The molecule has 1 heterocycles. The Morgan fingerprint density at radius 1 is 1.13 bits per heavy atom. The Labute approximate surface area is 184 Å². The van der Waals surface area contributed by atoms with Crippen molar-refractivity contribution in [3.05, 3.63) is 65.9 Å². The fourth-order valence-electron chi connectivity index (χ4n) is 3.96. The lowest BCUT2D eigenvalue weighted by atomic mass is 9.81. The van der Waals surface area contributed by atoms with Crippen molar-refractivity contribution in [3.63, 3.8) is 0 Å². The number of aromatic nitrogens is 1. The van der Waals surface area contributed by atoms with Gasteiger partial charge in [0.05, 0.1) is 12.5 Å². The van der Waals surface area contributed by atoms with Crippen LogP contribution in [0.25, 0.3) is 10.9 Å². The third-order valence-electron chi connectivity index (χ3n) is 6.21. The van der Waals surface area contributed by atoms with Crippen molar-refractivity contribution in [1.82, 2.24) is 10.3 Å². The van der Waals surface area contributed by atoms with Crippen molar-refractivity contribution in [3.8, 4) is 5.75 Å². The van der Waals surface area contributed by atoms with Crippen LogP contribution in [0.3, 0.4) is 0 Å². The number of halogens is 1. The van der Waals surface area contributed by atoms with Crippen LogP contribution in [0.5, 0.6) is 5.75 Å². The van der Waals surface area contributed by atoms with Gasteiger partial charge >= 0.3 is 0 Å². The van der Waals surface area contributed by atoms with E-state index in [1.54, 1.807) is 7.11 Å². The molecule has 0 spiro atoms. The molecule has 0 aliphatic carbocycles. The third kappa shape index (κ3) is 4.63. The molecule has 2 aromatic carbocycles. The standard InChI is InChI=1S/C24H31N3O2.ClH/c1-4-24(5-2,16-25)23(28)27-14-20(17-10-12-18(29-3)13-11-17)21-15-26-22-9-7-6-8-19(21)22;/h6-13,15,20,26H,4-5,14,16,25H2,1-3H3,(H,27,28);1H. The Kier molecular flexibility index (Phi) is 8.33. The number of fused-ring (bicyclic) bond motifs is 1. The molecule has 3 rings (SSSR count). The molecule has 0 aliphatic heterocycles. The molecule has 6 heteroatoms. The lowest BCUT2D eigenvalue weighted by molar-refractivity contribution is -0.131. The maximum atomic E-state index is 13.0. The average molecular weight is 430 g/mol. The van der Waals surface area contributed by atoms with Crippen molar-refractivity contribution >= 4 is 29.2 Å². The van der Waals surface area contributed by atoms with Crippen LogP contribution in [0.1, 0.15) is 43.7 Å². The van der Waals surface area contributed by atoms with Gasteiger partial charge in [0.1, 0.15) is 5.75 Å². The minimum Gasteiger partial charge on any atom is -0.497 e. The van der Waals surface area contributed by atoms with E-state index in [1.165, 1.54) is 5.39 Å². The molecule has 5 nitrogen and oxygen atoms in total. The highest BCUT2D eigenvalue weighted by atomic mass is 35.5. The minimum atomic E-state index is -0.509. The molecule has 1 unspecified atom stereocenters. The van der Waals surface area contributed by atoms with Crippen molar-refractivity contribution in [2.24, 2.45) is 11.1 Å². The zero-order chi connectivity index (χ0) is 20.9. The molecular formula is C24H32ClN3O2. The van der Waals surface area contributed by atoms with Gasteiger partial charge < -0.3 is 20.8 Å². The predicted molar refractivity (Wildman–Crippen MR) is 125 cm³/mol. The third-order valence-corrected chi connectivity index (χ3v) is 6.21. The van der Waals surface area contributed by atoms with E-state index in [-0.39, 0.29) is 24.2 Å². The number of hydrogen-bond donors (Lipinski definition) is 3. The molecule has 1 amide bonds. The molecule has 3 aromatic rings. The van der Waals surface area contributed by atoms with Gasteiger partial charge in [0.15, 0.2) is 0 Å². The van der Waals surface area contributed by atoms with Crippen LogP contribution in [0.2, 0.25) is 0 Å². The van der Waals surface area contributed by atoms with E-state index in [4.69, 9.17) is 10.5 Å². The van der Waals surface area contributed by atoms with Crippen LogP contribution in [-0.2, 0) is 4.79 Å². The number of H-pyrrole nitrogens is 1. The van der Waals surface area contributed by atoms with Gasteiger partial charge in [-0.1, -0.05) is 44.2 Å². The second-order valence-electron chi connectivity index (χ2n) is 7.52. The average Bonchev–Trinajstić information content (AvgIpc) is 3.20. The molecule has 1 aromatic heterocycles. The van der Waals surface area contributed by atoms with Crippen LogP contribution in [0.4, 0.5) is 0 Å². The molecular weight excluding hydrogens is 398 g/mol. The fourth-order valence-corrected chi connectivity index (χ4v) is 3.96. The van der Waals surface area contributed by atoms with E-state index in [9.17, 15) is 4.79 Å². The smallest absolute Gasteiger partial charge is 0.227 e. The number of carbonyl (C=O) groups is 1. The van der Waals surface area contributed by atoms with E-state index in [0.29, 0.717) is 13.1 Å². The summed E-state index contributed by atoms with van der Waals surface area (Å²) in [5, 5.41) is 4.36. The molecule has 162 valence electrons. The number of nitrogens with one attached hydrogen (secondary N) is 2. The Hall–Kier alpha value is -2.50. The van der Waals surface area contributed by atoms with E-state index in [0.717, 1.165) is 35.2 Å². The van der Waals surface area contributed by atoms with Gasteiger partial charge in [0, 0.05) is 36.1 Å². The number of benzene rings is 2. The van der Waals surface area contributed by atoms with E-state index >= 15 is 0 Å². The Balaban J connectivity index is 0.00000320. The number of para-hydroxylation sites is 1. The predicted octanol–water partition coefficient (Wildman–Crippen LogP) is 4.61. The van der Waals surface area contributed by atoms with Crippen molar-refractivity contribution in [2.45, 2.75) is 32.6 Å². The van der Waals surface area contributed by atoms with Gasteiger partial charge in [-0.25, -0.2) is 0 Å². The highest BCUT2D eigenvalue weighted by molar-refractivity contribution is 5.86. The number of rotatable bonds is 9. The first-order valence-corrected chi connectivity index (χ1v) is 10.3. The molecule has 0 fully saturated rings. The van der Waals surface area contributed by atoms with Crippen molar-refractivity contribution < 1.29 is 9.53 Å². The van der Waals surface area contributed by atoms with Gasteiger partial charge in [0.2, 0.25) is 5.91 Å². The van der Waals surface area contributed by atoms with E-state index < -0.39 is 5.41 Å². The van der Waals surface area contributed by atoms with Gasteiger partial charge in [-0.2, -0.15) is 0 Å². The summed E-state index contributed by atoms with van der Waals surface area (Å²) in [4.78, 5) is 16.4. The summed E-state index contributed by atoms with van der Waals surface area (Å²) in [6.45, 7) is 4.91. The zero-order valence-corrected chi connectivity index (χ0v) is 18.7. The molecule has 0 radical (unpaired) electrons. The normalized spacial score (nSPS) is 12.3. The highest BCUT2D eigenvalue weighted by Crippen LogP contribution is 2.32. The number of hydrogen-bond acceptors (Lipinski definition) is 3. The number of methoxy groups -OCH3 is 1. The molecule has 4 N–H and O–H groups in total. The summed E-state index contributed by atoms with van der Waals surface area (Å²) in [6, 6.07) is 16.3. The van der Waals surface area contributed by atoms with Crippen molar-refractivity contribution in [1.29, 1.82) is 0 Å². The summed E-state index contributed by atoms with van der Waals surface area (Å²) >= 11 is 0. The first-order valence-electron chi connectivity index (χ1n) is 10.3. The summed E-state index contributed by atoms with van der Waals surface area (Å²) in [7, 11) is 1.66. The molecule has 1 atom stereocenters.